The number of amides is 1. The lowest BCUT2D eigenvalue weighted by molar-refractivity contribution is -0.141. The maximum Gasteiger partial charge on any atom is 0.436 e. The number of halogens is 4. The fourth-order valence-corrected chi connectivity index (χ4v) is 4.20. The highest BCUT2D eigenvalue weighted by atomic mass is 35.5. The van der Waals surface area contributed by atoms with Crippen LogP contribution in [0.15, 0.2) is 46.9 Å². The second-order valence-corrected chi connectivity index (χ2v) is 8.41. The molecule has 0 saturated heterocycles. The van der Waals surface area contributed by atoms with Crippen LogP contribution < -0.4 is 4.90 Å². The molecule has 5 rings (SSSR count). The highest BCUT2D eigenvalue weighted by molar-refractivity contribution is 6.32. The first-order chi connectivity index (χ1) is 15.6. The van der Waals surface area contributed by atoms with Crippen LogP contribution in [0.5, 0.6) is 0 Å². The van der Waals surface area contributed by atoms with Crippen molar-refractivity contribution in [1.82, 2.24) is 14.8 Å². The lowest BCUT2D eigenvalue weighted by Crippen LogP contribution is -2.26. The number of anilines is 1. The second-order valence-electron chi connectivity index (χ2n) is 8.03. The summed E-state index contributed by atoms with van der Waals surface area (Å²) in [5, 5.41) is 3.39. The number of aromatic nitrogens is 3. The van der Waals surface area contributed by atoms with Crippen LogP contribution in [0.3, 0.4) is 0 Å². The van der Waals surface area contributed by atoms with Crippen LogP contribution in [-0.4, -0.2) is 27.7 Å². The number of nitrogens with zero attached hydrogens (tertiary/aromatic N) is 4. The standard InChI is InChI=1S/C23H18ClF3N4O2/c1-12-28-17-9-8-15(11-18(17)33-12)30(2)22(32)14-4-3-5-16(10-14)31-20(13-6-7-13)19(24)21(29-31)23(25,26)27/h3-5,8-11,13H,6-7H2,1-2H3. The van der Waals surface area contributed by atoms with Gasteiger partial charge in [0.05, 0.1) is 16.4 Å². The van der Waals surface area contributed by atoms with E-state index in [1.165, 1.54) is 15.6 Å². The zero-order valence-electron chi connectivity index (χ0n) is 17.7. The summed E-state index contributed by atoms with van der Waals surface area (Å²) in [6, 6.07) is 11.6. The van der Waals surface area contributed by atoms with E-state index in [4.69, 9.17) is 16.0 Å². The maximum absolute atomic E-state index is 13.4. The van der Waals surface area contributed by atoms with Gasteiger partial charge in [0.25, 0.3) is 5.91 Å². The summed E-state index contributed by atoms with van der Waals surface area (Å²) in [5.41, 5.74) is 1.68. The Morgan fingerprint density at radius 2 is 1.97 bits per heavy atom. The quantitative estimate of drug-likeness (QED) is 0.356. The number of carbonyl (C=O) groups excluding carboxylic acids is 1. The molecule has 0 spiro atoms. The van der Waals surface area contributed by atoms with Crippen molar-refractivity contribution in [2.75, 3.05) is 11.9 Å². The lowest BCUT2D eigenvalue weighted by Gasteiger charge is -2.18. The molecule has 1 aliphatic carbocycles. The monoisotopic (exact) mass is 474 g/mol. The van der Waals surface area contributed by atoms with E-state index < -0.39 is 11.9 Å². The van der Waals surface area contributed by atoms with Gasteiger partial charge < -0.3 is 9.32 Å². The Hall–Kier alpha value is -3.33. The van der Waals surface area contributed by atoms with E-state index in [0.717, 1.165) is 12.8 Å². The molecule has 2 heterocycles. The topological polar surface area (TPSA) is 64.2 Å². The molecule has 4 aromatic rings. The molecule has 1 saturated carbocycles. The summed E-state index contributed by atoms with van der Waals surface area (Å²) in [7, 11) is 1.61. The predicted octanol–water partition coefficient (Wildman–Crippen LogP) is 6.15. The SMILES string of the molecule is Cc1nc2ccc(N(C)C(=O)c3cccc(-n4nc(C(F)(F)F)c(Cl)c4C4CC4)c3)cc2o1. The molecule has 10 heteroatoms. The number of hydrogen-bond donors (Lipinski definition) is 0. The van der Waals surface area contributed by atoms with Crippen molar-refractivity contribution in [1.29, 1.82) is 0 Å². The Morgan fingerprint density at radius 3 is 2.67 bits per heavy atom. The summed E-state index contributed by atoms with van der Waals surface area (Å²) in [6.07, 6.45) is -3.18. The first-order valence-electron chi connectivity index (χ1n) is 10.2. The molecule has 1 aliphatic rings. The fourth-order valence-electron chi connectivity index (χ4n) is 3.82. The molecule has 0 radical (unpaired) electrons. The van der Waals surface area contributed by atoms with E-state index in [0.29, 0.717) is 39.6 Å². The van der Waals surface area contributed by atoms with Crippen LogP contribution >= 0.6 is 11.6 Å². The third-order valence-electron chi connectivity index (χ3n) is 5.60. The Kier molecular flexibility index (Phi) is 4.97. The van der Waals surface area contributed by atoms with Crippen LogP contribution in [-0.2, 0) is 6.18 Å². The third-order valence-corrected chi connectivity index (χ3v) is 5.97. The normalized spacial score (nSPS) is 14.1. The number of carbonyl (C=O) groups is 1. The van der Waals surface area contributed by atoms with Crippen LogP contribution in [0.4, 0.5) is 18.9 Å². The third kappa shape index (κ3) is 3.86. The van der Waals surface area contributed by atoms with Gasteiger partial charge in [-0.1, -0.05) is 17.7 Å². The number of oxazole rings is 1. The zero-order chi connectivity index (χ0) is 23.5. The summed E-state index contributed by atoms with van der Waals surface area (Å²) in [6.45, 7) is 1.74. The minimum absolute atomic E-state index is 0.0831. The van der Waals surface area contributed by atoms with Crippen molar-refractivity contribution in [2.45, 2.75) is 31.9 Å². The average Bonchev–Trinajstić information content (AvgIpc) is 3.44. The molecule has 2 aromatic carbocycles. The minimum atomic E-state index is -4.67. The van der Waals surface area contributed by atoms with Gasteiger partial charge in [0.2, 0.25) is 0 Å². The molecule has 0 atom stereocenters. The first-order valence-corrected chi connectivity index (χ1v) is 10.6. The van der Waals surface area contributed by atoms with E-state index in [1.54, 1.807) is 50.4 Å². The van der Waals surface area contributed by atoms with E-state index in [2.05, 4.69) is 10.1 Å². The summed E-state index contributed by atoms with van der Waals surface area (Å²) in [4.78, 5) is 18.9. The largest absolute Gasteiger partial charge is 0.441 e. The number of aryl methyl sites for hydroxylation is 1. The van der Waals surface area contributed by atoms with E-state index in [9.17, 15) is 18.0 Å². The van der Waals surface area contributed by atoms with Gasteiger partial charge in [-0.2, -0.15) is 18.3 Å². The Morgan fingerprint density at radius 1 is 1.21 bits per heavy atom. The van der Waals surface area contributed by atoms with Crippen molar-refractivity contribution in [3.63, 3.8) is 0 Å². The summed E-state index contributed by atoms with van der Waals surface area (Å²) < 4.78 is 47.0. The molecule has 2 aromatic heterocycles. The molecule has 1 amide bonds. The first kappa shape index (κ1) is 21.5. The molecule has 0 bridgehead atoms. The minimum Gasteiger partial charge on any atom is -0.441 e. The predicted molar refractivity (Wildman–Crippen MR) is 117 cm³/mol. The molecule has 0 aliphatic heterocycles. The maximum atomic E-state index is 13.4. The van der Waals surface area contributed by atoms with Crippen molar-refractivity contribution >= 4 is 34.3 Å². The Balaban J connectivity index is 1.51. The van der Waals surface area contributed by atoms with Gasteiger partial charge in [0.15, 0.2) is 17.2 Å². The van der Waals surface area contributed by atoms with Crippen LogP contribution in [0, 0.1) is 6.92 Å². The summed E-state index contributed by atoms with van der Waals surface area (Å²) in [5.74, 6) is 0.0985. The average molecular weight is 475 g/mol. The van der Waals surface area contributed by atoms with Crippen molar-refractivity contribution in [2.24, 2.45) is 0 Å². The van der Waals surface area contributed by atoms with Crippen molar-refractivity contribution in [3.05, 3.63) is 70.3 Å². The van der Waals surface area contributed by atoms with Gasteiger partial charge in [0, 0.05) is 37.2 Å². The van der Waals surface area contributed by atoms with Crippen LogP contribution in [0.25, 0.3) is 16.8 Å². The highest BCUT2D eigenvalue weighted by Crippen LogP contribution is 2.47. The van der Waals surface area contributed by atoms with Crippen LogP contribution in [0.2, 0.25) is 5.02 Å². The molecule has 0 unspecified atom stereocenters. The van der Waals surface area contributed by atoms with Gasteiger partial charge in [0.1, 0.15) is 5.52 Å². The molecular formula is C23H18ClF3N4O2. The van der Waals surface area contributed by atoms with Gasteiger partial charge in [-0.3, -0.25) is 4.79 Å². The Labute approximate surface area is 191 Å². The molecule has 0 N–H and O–H groups in total. The van der Waals surface area contributed by atoms with Crippen molar-refractivity contribution in [3.8, 4) is 5.69 Å². The fraction of sp³-hybridized carbons (Fsp3) is 0.261. The Bertz CT molecular complexity index is 1390. The van der Waals surface area contributed by atoms with E-state index in [1.807, 2.05) is 0 Å². The number of rotatable bonds is 4. The second kappa shape index (κ2) is 7.62. The number of benzene rings is 2. The van der Waals surface area contributed by atoms with Crippen LogP contribution in [0.1, 0.15) is 46.4 Å². The van der Waals surface area contributed by atoms with E-state index in [-0.39, 0.29) is 16.8 Å². The van der Waals surface area contributed by atoms with Gasteiger partial charge >= 0.3 is 6.18 Å². The van der Waals surface area contributed by atoms with Crippen molar-refractivity contribution < 1.29 is 22.4 Å². The van der Waals surface area contributed by atoms with Gasteiger partial charge in [-0.05, 0) is 43.2 Å². The number of fused-ring (bicyclic) bond motifs is 1. The van der Waals surface area contributed by atoms with Gasteiger partial charge in [-0.25, -0.2) is 9.67 Å². The number of alkyl halides is 3. The molecule has 33 heavy (non-hydrogen) atoms. The number of hydrogen-bond acceptors (Lipinski definition) is 4. The lowest BCUT2D eigenvalue weighted by atomic mass is 10.1. The van der Waals surface area contributed by atoms with Gasteiger partial charge in [-0.15, -0.1) is 0 Å². The molecular weight excluding hydrogens is 457 g/mol. The zero-order valence-corrected chi connectivity index (χ0v) is 18.4. The highest BCUT2D eigenvalue weighted by Gasteiger charge is 2.42. The smallest absolute Gasteiger partial charge is 0.436 e. The molecule has 1 fully saturated rings. The molecule has 6 nitrogen and oxygen atoms in total. The van der Waals surface area contributed by atoms with E-state index >= 15 is 0 Å². The molecule has 170 valence electrons. The summed E-state index contributed by atoms with van der Waals surface area (Å²) >= 11 is 6.09.